The molecule has 2 saturated heterocycles. The van der Waals surface area contributed by atoms with Gasteiger partial charge in [0.1, 0.15) is 17.7 Å². The fraction of sp³-hybridized carbons (Fsp3) is 0.586. The molecule has 4 heterocycles. The van der Waals surface area contributed by atoms with Crippen molar-refractivity contribution >= 4 is 11.8 Å². The standard InChI is InChI=1S/C29H38FN3O4/c1-35-29(34)27(26-17-22(30)8-10-25(26)21-12-16-36-19-21)33-14-11-24(18-33)37-15-3-2-6-23-9-7-20-5-4-13-31-28(20)32-23/h7-10,17,21,24,27H,2-6,11-16,18-19H2,1H3,(H,31,32). The average Bonchev–Trinajstić information content (AvgIpc) is 3.62. The minimum atomic E-state index is -0.645. The number of aromatic nitrogens is 1. The number of likely N-dealkylation sites (tertiary alicyclic amines) is 1. The van der Waals surface area contributed by atoms with E-state index in [1.54, 1.807) is 6.07 Å². The molecule has 37 heavy (non-hydrogen) atoms. The molecule has 3 unspecified atom stereocenters. The van der Waals surface area contributed by atoms with Crippen molar-refractivity contribution in [1.29, 1.82) is 0 Å². The molecule has 5 rings (SSSR count). The van der Waals surface area contributed by atoms with Gasteiger partial charge in [0.2, 0.25) is 0 Å². The van der Waals surface area contributed by atoms with Crippen LogP contribution in [-0.2, 0) is 31.8 Å². The number of carbonyl (C=O) groups is 1. The molecule has 3 aliphatic rings. The second-order valence-electron chi connectivity index (χ2n) is 10.3. The molecule has 0 saturated carbocycles. The summed E-state index contributed by atoms with van der Waals surface area (Å²) in [7, 11) is 1.39. The van der Waals surface area contributed by atoms with Crippen LogP contribution in [0.2, 0.25) is 0 Å². The van der Waals surface area contributed by atoms with Crippen LogP contribution in [0, 0.1) is 5.82 Å². The van der Waals surface area contributed by atoms with Gasteiger partial charge in [-0.2, -0.15) is 0 Å². The van der Waals surface area contributed by atoms with Crippen LogP contribution in [0.3, 0.4) is 0 Å². The highest BCUT2D eigenvalue weighted by molar-refractivity contribution is 5.78. The van der Waals surface area contributed by atoms with E-state index in [2.05, 4.69) is 22.3 Å². The van der Waals surface area contributed by atoms with Crippen molar-refractivity contribution in [3.05, 3.63) is 58.5 Å². The lowest BCUT2D eigenvalue weighted by Crippen LogP contribution is -2.35. The highest BCUT2D eigenvalue weighted by Gasteiger charge is 2.37. The first-order valence-corrected chi connectivity index (χ1v) is 13.7. The molecule has 3 aliphatic heterocycles. The van der Waals surface area contributed by atoms with E-state index in [0.29, 0.717) is 38.5 Å². The Hall–Kier alpha value is -2.55. The lowest BCUT2D eigenvalue weighted by atomic mass is 9.89. The Morgan fingerprint density at radius 1 is 1.27 bits per heavy atom. The highest BCUT2D eigenvalue weighted by atomic mass is 19.1. The van der Waals surface area contributed by atoms with E-state index in [4.69, 9.17) is 19.2 Å². The van der Waals surface area contributed by atoms with Gasteiger partial charge in [-0.05, 0) is 79.8 Å². The number of anilines is 1. The fourth-order valence-corrected chi connectivity index (χ4v) is 5.81. The number of hydrogen-bond donors (Lipinski definition) is 1. The van der Waals surface area contributed by atoms with E-state index >= 15 is 0 Å². The Morgan fingerprint density at radius 2 is 2.19 bits per heavy atom. The number of esters is 1. The Balaban J connectivity index is 1.14. The third-order valence-electron chi connectivity index (χ3n) is 7.81. The van der Waals surface area contributed by atoms with Crippen molar-refractivity contribution in [1.82, 2.24) is 9.88 Å². The third kappa shape index (κ3) is 6.30. The Labute approximate surface area is 218 Å². The molecule has 3 atom stereocenters. The SMILES string of the molecule is COC(=O)C(c1cc(F)ccc1C1CCOC1)N1CCC(OCCCCc2ccc3c(n2)NCCC3)C1. The van der Waals surface area contributed by atoms with E-state index < -0.39 is 6.04 Å². The van der Waals surface area contributed by atoms with Crippen molar-refractivity contribution in [2.75, 3.05) is 51.9 Å². The van der Waals surface area contributed by atoms with E-state index in [1.807, 2.05) is 0 Å². The minimum absolute atomic E-state index is 0.0463. The van der Waals surface area contributed by atoms with Gasteiger partial charge in [-0.3, -0.25) is 4.90 Å². The predicted octanol–water partition coefficient (Wildman–Crippen LogP) is 4.41. The minimum Gasteiger partial charge on any atom is -0.468 e. The molecule has 0 amide bonds. The summed E-state index contributed by atoms with van der Waals surface area (Å²) in [6.45, 7) is 4.28. The number of pyridine rings is 1. The number of rotatable bonds is 10. The van der Waals surface area contributed by atoms with Crippen LogP contribution in [0.1, 0.15) is 66.4 Å². The molecule has 200 valence electrons. The van der Waals surface area contributed by atoms with E-state index in [-0.39, 0.29) is 23.8 Å². The zero-order valence-corrected chi connectivity index (χ0v) is 21.7. The van der Waals surface area contributed by atoms with Crippen LogP contribution in [0.4, 0.5) is 10.2 Å². The molecule has 1 aromatic carbocycles. The zero-order valence-electron chi connectivity index (χ0n) is 21.7. The lowest BCUT2D eigenvalue weighted by Gasteiger charge is -2.29. The van der Waals surface area contributed by atoms with Crippen molar-refractivity contribution in [3.8, 4) is 0 Å². The first-order chi connectivity index (χ1) is 18.1. The normalized spacial score (nSPS) is 22.4. The smallest absolute Gasteiger partial charge is 0.327 e. The average molecular weight is 512 g/mol. The Bertz CT molecular complexity index is 1080. The summed E-state index contributed by atoms with van der Waals surface area (Å²) in [6.07, 6.45) is 6.94. The van der Waals surface area contributed by atoms with Gasteiger partial charge < -0.3 is 19.5 Å². The largest absolute Gasteiger partial charge is 0.468 e. The topological polar surface area (TPSA) is 72.9 Å². The number of aryl methyl sites for hydroxylation is 2. The van der Waals surface area contributed by atoms with Gasteiger partial charge in [-0.1, -0.05) is 12.1 Å². The molecule has 0 bridgehead atoms. The number of halogens is 1. The maximum atomic E-state index is 14.3. The fourth-order valence-electron chi connectivity index (χ4n) is 5.81. The molecular weight excluding hydrogens is 473 g/mol. The van der Waals surface area contributed by atoms with Gasteiger partial charge in [0, 0.05) is 44.5 Å². The zero-order chi connectivity index (χ0) is 25.6. The van der Waals surface area contributed by atoms with Crippen LogP contribution in [0.15, 0.2) is 30.3 Å². The number of ether oxygens (including phenoxy) is 3. The number of hydrogen-bond acceptors (Lipinski definition) is 7. The lowest BCUT2D eigenvalue weighted by molar-refractivity contribution is -0.147. The number of benzene rings is 1. The summed E-state index contributed by atoms with van der Waals surface area (Å²) in [6, 6.07) is 8.47. The molecule has 0 radical (unpaired) electrons. The number of methoxy groups -OCH3 is 1. The molecule has 0 spiro atoms. The molecule has 2 fully saturated rings. The van der Waals surface area contributed by atoms with Gasteiger partial charge in [0.15, 0.2) is 0 Å². The summed E-state index contributed by atoms with van der Waals surface area (Å²) in [5.41, 5.74) is 4.11. The van der Waals surface area contributed by atoms with Crippen LogP contribution in [0.5, 0.6) is 0 Å². The molecular formula is C29H38FN3O4. The van der Waals surface area contributed by atoms with E-state index in [1.165, 1.54) is 31.2 Å². The van der Waals surface area contributed by atoms with E-state index in [0.717, 1.165) is 62.1 Å². The summed E-state index contributed by atoms with van der Waals surface area (Å²) in [4.78, 5) is 19.8. The first-order valence-electron chi connectivity index (χ1n) is 13.7. The van der Waals surface area contributed by atoms with Crippen molar-refractivity contribution in [2.24, 2.45) is 0 Å². The molecule has 1 aromatic heterocycles. The maximum Gasteiger partial charge on any atom is 0.327 e. The summed E-state index contributed by atoms with van der Waals surface area (Å²) in [5.74, 6) is 0.507. The predicted molar refractivity (Wildman–Crippen MR) is 139 cm³/mol. The Kier molecular flexibility index (Phi) is 8.69. The molecule has 8 heteroatoms. The van der Waals surface area contributed by atoms with Gasteiger partial charge >= 0.3 is 5.97 Å². The van der Waals surface area contributed by atoms with Crippen LogP contribution >= 0.6 is 0 Å². The second kappa shape index (κ2) is 12.3. The number of nitrogens with one attached hydrogen (secondary N) is 1. The van der Waals surface area contributed by atoms with Gasteiger partial charge in [-0.25, -0.2) is 14.2 Å². The molecule has 2 aromatic rings. The van der Waals surface area contributed by atoms with Gasteiger partial charge in [0.05, 0.1) is 19.8 Å². The number of fused-ring (bicyclic) bond motifs is 1. The number of nitrogens with zero attached hydrogens (tertiary/aromatic N) is 2. The summed E-state index contributed by atoms with van der Waals surface area (Å²) >= 11 is 0. The quantitative estimate of drug-likeness (QED) is 0.374. The van der Waals surface area contributed by atoms with Crippen LogP contribution < -0.4 is 5.32 Å². The van der Waals surface area contributed by atoms with Crippen molar-refractivity contribution < 1.29 is 23.4 Å². The molecule has 1 N–H and O–H groups in total. The summed E-state index contributed by atoms with van der Waals surface area (Å²) < 4.78 is 31.3. The monoisotopic (exact) mass is 511 g/mol. The van der Waals surface area contributed by atoms with Gasteiger partial charge in [0.25, 0.3) is 0 Å². The highest BCUT2D eigenvalue weighted by Crippen LogP contribution is 2.36. The maximum absolute atomic E-state index is 14.3. The van der Waals surface area contributed by atoms with E-state index in [9.17, 15) is 9.18 Å². The molecule has 0 aliphatic carbocycles. The number of unbranched alkanes of at least 4 members (excludes halogenated alkanes) is 1. The second-order valence-corrected chi connectivity index (χ2v) is 10.3. The number of carbonyl (C=O) groups excluding carboxylic acids is 1. The summed E-state index contributed by atoms with van der Waals surface area (Å²) in [5, 5.41) is 3.40. The Morgan fingerprint density at radius 3 is 3.03 bits per heavy atom. The van der Waals surface area contributed by atoms with Gasteiger partial charge in [-0.15, -0.1) is 0 Å². The third-order valence-corrected chi connectivity index (χ3v) is 7.81. The molecule has 7 nitrogen and oxygen atoms in total. The first kappa shape index (κ1) is 26.1. The van der Waals surface area contributed by atoms with Crippen LogP contribution in [-0.4, -0.2) is 68.5 Å². The van der Waals surface area contributed by atoms with Crippen molar-refractivity contribution in [3.63, 3.8) is 0 Å². The van der Waals surface area contributed by atoms with Crippen molar-refractivity contribution in [2.45, 2.75) is 63.0 Å². The van der Waals surface area contributed by atoms with Crippen LogP contribution in [0.25, 0.3) is 0 Å².